The fourth-order valence-electron chi connectivity index (χ4n) is 4.20. The number of hydrogen-bond acceptors (Lipinski definition) is 5. The Morgan fingerprint density at radius 2 is 2.10 bits per heavy atom. The molecule has 8 heteroatoms. The molecule has 158 valence electrons. The molecule has 3 aromatic heterocycles. The molecule has 0 bridgehead atoms. The Morgan fingerprint density at radius 3 is 2.97 bits per heavy atom. The zero-order chi connectivity index (χ0) is 21.0. The summed E-state index contributed by atoms with van der Waals surface area (Å²) < 4.78 is 1.90. The van der Waals surface area contributed by atoms with Crippen molar-refractivity contribution in [1.82, 2.24) is 34.7 Å². The average Bonchev–Trinajstić information content (AvgIpc) is 3.54. The van der Waals surface area contributed by atoms with E-state index in [1.807, 2.05) is 53.2 Å². The monoisotopic (exact) mass is 415 g/mol. The SMILES string of the molecule is O=C(CN1CCC[C@H]1c1cccc(-n2ccnc2)n1)NCCc1nc2ccccc2[nH]1. The number of aromatic amines is 1. The molecule has 0 radical (unpaired) electrons. The largest absolute Gasteiger partial charge is 0.355 e. The number of fused-ring (bicyclic) bond motifs is 1. The van der Waals surface area contributed by atoms with Gasteiger partial charge >= 0.3 is 0 Å². The third kappa shape index (κ3) is 4.34. The summed E-state index contributed by atoms with van der Waals surface area (Å²) in [6.45, 7) is 1.84. The van der Waals surface area contributed by atoms with Crippen LogP contribution in [0.2, 0.25) is 0 Å². The van der Waals surface area contributed by atoms with Gasteiger partial charge < -0.3 is 10.3 Å². The van der Waals surface area contributed by atoms with Crippen molar-refractivity contribution in [3.8, 4) is 5.82 Å². The van der Waals surface area contributed by atoms with Crippen molar-refractivity contribution < 1.29 is 4.79 Å². The van der Waals surface area contributed by atoms with Gasteiger partial charge in [0.25, 0.3) is 0 Å². The van der Waals surface area contributed by atoms with Gasteiger partial charge in [-0.05, 0) is 43.7 Å². The molecular weight excluding hydrogens is 390 g/mol. The number of pyridine rings is 1. The number of para-hydroxylation sites is 2. The quantitative estimate of drug-likeness (QED) is 0.484. The summed E-state index contributed by atoms with van der Waals surface area (Å²) in [5.74, 6) is 1.77. The molecule has 1 atom stereocenters. The third-order valence-electron chi connectivity index (χ3n) is 5.70. The van der Waals surface area contributed by atoms with Gasteiger partial charge in [0.15, 0.2) is 0 Å². The molecule has 0 unspecified atom stereocenters. The highest BCUT2D eigenvalue weighted by atomic mass is 16.2. The summed E-state index contributed by atoms with van der Waals surface area (Å²) in [7, 11) is 0. The standard InChI is InChI=1S/C23H25N7O/c31-23(25-11-10-21-26-17-5-1-2-6-18(17)27-21)15-29-13-4-8-20(29)19-7-3-9-22(28-19)30-14-12-24-16-30/h1-3,5-7,9,12,14,16,20H,4,8,10-11,13,15H2,(H,25,31)(H,26,27)/t20-/m0/s1. The van der Waals surface area contributed by atoms with Crippen LogP contribution in [0.3, 0.4) is 0 Å². The predicted molar refractivity (Wildman–Crippen MR) is 118 cm³/mol. The van der Waals surface area contributed by atoms with E-state index in [9.17, 15) is 4.79 Å². The first-order chi connectivity index (χ1) is 15.3. The number of benzene rings is 1. The molecule has 5 rings (SSSR count). The first-order valence-corrected chi connectivity index (χ1v) is 10.7. The normalized spacial score (nSPS) is 16.7. The number of carbonyl (C=O) groups is 1. The second kappa shape index (κ2) is 8.69. The summed E-state index contributed by atoms with van der Waals surface area (Å²) in [4.78, 5) is 31.6. The van der Waals surface area contributed by atoms with E-state index in [0.717, 1.165) is 47.8 Å². The van der Waals surface area contributed by atoms with E-state index < -0.39 is 0 Å². The number of hydrogen-bond donors (Lipinski definition) is 2. The van der Waals surface area contributed by atoms with Crippen LogP contribution in [-0.2, 0) is 11.2 Å². The molecule has 1 aromatic carbocycles. The molecule has 31 heavy (non-hydrogen) atoms. The minimum atomic E-state index is 0.0359. The molecule has 0 saturated carbocycles. The summed E-state index contributed by atoms with van der Waals surface area (Å²) >= 11 is 0. The highest BCUT2D eigenvalue weighted by molar-refractivity contribution is 5.78. The van der Waals surface area contributed by atoms with Crippen LogP contribution in [-0.4, -0.2) is 54.9 Å². The highest BCUT2D eigenvalue weighted by Gasteiger charge is 2.28. The number of H-pyrrole nitrogens is 1. The van der Waals surface area contributed by atoms with Gasteiger partial charge in [0.1, 0.15) is 18.0 Å². The van der Waals surface area contributed by atoms with Crippen molar-refractivity contribution in [3.05, 3.63) is 72.7 Å². The zero-order valence-electron chi connectivity index (χ0n) is 17.2. The number of rotatable bonds is 7. The minimum Gasteiger partial charge on any atom is -0.355 e. The molecular formula is C23H25N7O. The Bertz CT molecular complexity index is 1130. The lowest BCUT2D eigenvalue weighted by atomic mass is 10.1. The van der Waals surface area contributed by atoms with Crippen molar-refractivity contribution in [1.29, 1.82) is 0 Å². The van der Waals surface area contributed by atoms with E-state index in [-0.39, 0.29) is 11.9 Å². The topological polar surface area (TPSA) is 91.7 Å². The van der Waals surface area contributed by atoms with E-state index >= 15 is 0 Å². The highest BCUT2D eigenvalue weighted by Crippen LogP contribution is 2.30. The average molecular weight is 416 g/mol. The molecule has 1 aliphatic heterocycles. The van der Waals surface area contributed by atoms with Gasteiger partial charge in [0.2, 0.25) is 5.91 Å². The predicted octanol–water partition coefficient (Wildman–Crippen LogP) is 2.64. The van der Waals surface area contributed by atoms with Crippen LogP contribution in [0.4, 0.5) is 0 Å². The Morgan fingerprint density at radius 1 is 1.16 bits per heavy atom. The van der Waals surface area contributed by atoms with Gasteiger partial charge in [-0.1, -0.05) is 18.2 Å². The Hall–Kier alpha value is -3.52. The zero-order valence-corrected chi connectivity index (χ0v) is 17.2. The fourth-order valence-corrected chi connectivity index (χ4v) is 4.20. The maximum atomic E-state index is 12.6. The van der Waals surface area contributed by atoms with Crippen LogP contribution in [0.5, 0.6) is 0 Å². The van der Waals surface area contributed by atoms with Crippen LogP contribution in [0, 0.1) is 0 Å². The molecule has 1 fully saturated rings. The van der Waals surface area contributed by atoms with Crippen LogP contribution in [0.15, 0.2) is 61.2 Å². The fraction of sp³-hybridized carbons (Fsp3) is 0.304. The molecule has 4 aromatic rings. The van der Waals surface area contributed by atoms with Crippen molar-refractivity contribution in [2.75, 3.05) is 19.6 Å². The number of aromatic nitrogens is 5. The number of imidazole rings is 2. The molecule has 1 aliphatic rings. The van der Waals surface area contributed by atoms with Gasteiger partial charge in [-0.3, -0.25) is 14.3 Å². The Balaban J connectivity index is 1.17. The van der Waals surface area contributed by atoms with Crippen molar-refractivity contribution in [2.45, 2.75) is 25.3 Å². The lowest BCUT2D eigenvalue weighted by Crippen LogP contribution is -2.38. The van der Waals surface area contributed by atoms with Gasteiger partial charge in [-0.2, -0.15) is 0 Å². The van der Waals surface area contributed by atoms with Crippen molar-refractivity contribution in [3.63, 3.8) is 0 Å². The summed E-state index contributed by atoms with van der Waals surface area (Å²) in [5, 5.41) is 3.03. The van der Waals surface area contributed by atoms with Crippen LogP contribution in [0.25, 0.3) is 16.9 Å². The van der Waals surface area contributed by atoms with Gasteiger partial charge in [-0.15, -0.1) is 0 Å². The molecule has 0 spiro atoms. The van der Waals surface area contributed by atoms with E-state index in [4.69, 9.17) is 4.98 Å². The minimum absolute atomic E-state index is 0.0359. The number of carbonyl (C=O) groups excluding carboxylic acids is 1. The maximum Gasteiger partial charge on any atom is 0.234 e. The third-order valence-corrected chi connectivity index (χ3v) is 5.70. The maximum absolute atomic E-state index is 12.6. The second-order valence-corrected chi connectivity index (χ2v) is 7.82. The molecule has 0 aliphatic carbocycles. The van der Waals surface area contributed by atoms with Crippen molar-refractivity contribution in [2.24, 2.45) is 0 Å². The molecule has 2 N–H and O–H groups in total. The summed E-state index contributed by atoms with van der Waals surface area (Å²) in [5.41, 5.74) is 2.97. The second-order valence-electron chi connectivity index (χ2n) is 7.82. The summed E-state index contributed by atoms with van der Waals surface area (Å²) in [6, 6.07) is 14.1. The number of amides is 1. The first-order valence-electron chi connectivity index (χ1n) is 10.7. The first kappa shape index (κ1) is 19.4. The molecule has 4 heterocycles. The van der Waals surface area contributed by atoms with Gasteiger partial charge in [0.05, 0.1) is 29.3 Å². The number of likely N-dealkylation sites (tertiary alicyclic amines) is 1. The molecule has 1 saturated heterocycles. The van der Waals surface area contributed by atoms with E-state index in [1.54, 1.807) is 12.5 Å². The van der Waals surface area contributed by atoms with Crippen LogP contribution < -0.4 is 5.32 Å². The Labute approximate surface area is 180 Å². The summed E-state index contributed by atoms with van der Waals surface area (Å²) in [6.07, 6.45) is 8.12. The van der Waals surface area contributed by atoms with Gasteiger partial charge in [0, 0.05) is 25.4 Å². The van der Waals surface area contributed by atoms with Crippen LogP contribution in [0.1, 0.15) is 30.4 Å². The van der Waals surface area contributed by atoms with E-state index in [0.29, 0.717) is 19.5 Å². The van der Waals surface area contributed by atoms with E-state index in [2.05, 4.69) is 25.2 Å². The van der Waals surface area contributed by atoms with Crippen molar-refractivity contribution >= 4 is 16.9 Å². The number of nitrogens with one attached hydrogen (secondary N) is 2. The lowest BCUT2D eigenvalue weighted by Gasteiger charge is -2.23. The van der Waals surface area contributed by atoms with E-state index in [1.165, 1.54) is 0 Å². The number of nitrogens with zero attached hydrogens (tertiary/aromatic N) is 5. The van der Waals surface area contributed by atoms with Gasteiger partial charge in [-0.25, -0.2) is 15.0 Å². The molecule has 8 nitrogen and oxygen atoms in total. The Kier molecular flexibility index (Phi) is 5.45. The van der Waals surface area contributed by atoms with Crippen LogP contribution >= 0.6 is 0 Å². The lowest BCUT2D eigenvalue weighted by molar-refractivity contribution is -0.122. The smallest absolute Gasteiger partial charge is 0.234 e. The molecule has 1 amide bonds.